The molecule has 0 radical (unpaired) electrons. The fourth-order valence-electron chi connectivity index (χ4n) is 2.57. The molecule has 4 N–H and O–H groups in total. The van der Waals surface area contributed by atoms with Crippen molar-refractivity contribution in [1.29, 1.82) is 0 Å². The van der Waals surface area contributed by atoms with Gasteiger partial charge in [-0.1, -0.05) is 17.3 Å². The number of nitrogens with zero attached hydrogens (tertiary/aromatic N) is 5. The van der Waals surface area contributed by atoms with Crippen LogP contribution in [0.4, 0.5) is 11.6 Å². The van der Waals surface area contributed by atoms with Crippen molar-refractivity contribution in [1.82, 2.24) is 25.0 Å². The molecule has 0 saturated heterocycles. The van der Waals surface area contributed by atoms with E-state index in [1.165, 1.54) is 0 Å². The van der Waals surface area contributed by atoms with Crippen molar-refractivity contribution in [2.24, 2.45) is 0 Å². The second-order valence-electron chi connectivity index (χ2n) is 5.52. The molecule has 0 aliphatic rings. The lowest BCUT2D eigenvalue weighted by Gasteiger charge is -2.06. The smallest absolute Gasteiger partial charge is 0.222 e. The van der Waals surface area contributed by atoms with Crippen LogP contribution in [-0.4, -0.2) is 25.0 Å². The normalized spacial score (nSPS) is 11.2. The van der Waals surface area contributed by atoms with Crippen LogP contribution in [0.15, 0.2) is 41.0 Å². The van der Waals surface area contributed by atoms with Gasteiger partial charge in [0.1, 0.15) is 5.69 Å². The summed E-state index contributed by atoms with van der Waals surface area (Å²) in [6.45, 7) is 2.47. The minimum Gasteiger partial charge on any atom is -0.463 e. The van der Waals surface area contributed by atoms with Gasteiger partial charge in [-0.3, -0.25) is 0 Å². The van der Waals surface area contributed by atoms with Gasteiger partial charge in [0.25, 0.3) is 0 Å². The molecular weight excluding hydrogens is 306 g/mol. The molecule has 0 aliphatic heterocycles. The minimum atomic E-state index is 0.144. The van der Waals surface area contributed by atoms with Crippen LogP contribution in [0.3, 0.4) is 0 Å². The van der Waals surface area contributed by atoms with E-state index in [1.54, 1.807) is 23.1 Å². The van der Waals surface area contributed by atoms with Crippen molar-refractivity contribution in [3.63, 3.8) is 0 Å². The van der Waals surface area contributed by atoms with E-state index in [0.717, 1.165) is 16.8 Å². The predicted molar refractivity (Wildman–Crippen MR) is 89.9 cm³/mol. The maximum absolute atomic E-state index is 5.86. The number of furan rings is 1. The Morgan fingerprint density at radius 1 is 1.17 bits per heavy atom. The van der Waals surface area contributed by atoms with Crippen molar-refractivity contribution >= 4 is 22.8 Å². The van der Waals surface area contributed by atoms with E-state index < -0.39 is 0 Å². The summed E-state index contributed by atoms with van der Waals surface area (Å²) >= 11 is 0. The molecular formula is C16H15N7O. The number of aryl methyl sites for hydroxylation is 1. The van der Waals surface area contributed by atoms with E-state index in [4.69, 9.17) is 15.9 Å². The van der Waals surface area contributed by atoms with Crippen LogP contribution in [0.5, 0.6) is 0 Å². The average molecular weight is 321 g/mol. The minimum absolute atomic E-state index is 0.144. The van der Waals surface area contributed by atoms with Gasteiger partial charge >= 0.3 is 0 Å². The number of nitrogen functional groups attached to an aromatic ring is 2. The van der Waals surface area contributed by atoms with E-state index in [9.17, 15) is 0 Å². The third-order valence-corrected chi connectivity index (χ3v) is 3.80. The molecule has 0 bridgehead atoms. The third-order valence-electron chi connectivity index (χ3n) is 3.80. The van der Waals surface area contributed by atoms with Crippen LogP contribution < -0.4 is 11.5 Å². The quantitative estimate of drug-likeness (QED) is 0.553. The van der Waals surface area contributed by atoms with Crippen molar-refractivity contribution in [2.45, 2.75) is 13.5 Å². The summed E-state index contributed by atoms with van der Waals surface area (Å²) in [7, 11) is 0. The van der Waals surface area contributed by atoms with Crippen molar-refractivity contribution in [3.05, 3.63) is 47.7 Å². The number of hydrogen-bond acceptors (Lipinski definition) is 7. The molecule has 24 heavy (non-hydrogen) atoms. The molecule has 1 aromatic carbocycles. The molecule has 3 aromatic heterocycles. The first-order valence-corrected chi connectivity index (χ1v) is 7.37. The van der Waals surface area contributed by atoms with Gasteiger partial charge in [0.15, 0.2) is 16.9 Å². The molecule has 0 unspecified atom stereocenters. The number of benzene rings is 1. The van der Waals surface area contributed by atoms with E-state index >= 15 is 0 Å². The monoisotopic (exact) mass is 321 g/mol. The van der Waals surface area contributed by atoms with E-state index in [2.05, 4.69) is 20.3 Å². The van der Waals surface area contributed by atoms with Crippen molar-refractivity contribution in [2.75, 3.05) is 11.5 Å². The number of aromatic nitrogens is 5. The average Bonchev–Trinajstić information content (AvgIpc) is 3.21. The molecule has 120 valence electrons. The molecule has 8 nitrogen and oxygen atoms in total. The predicted octanol–water partition coefficient (Wildman–Crippen LogP) is 2.00. The van der Waals surface area contributed by atoms with Crippen LogP contribution in [0.1, 0.15) is 11.1 Å². The number of anilines is 2. The SMILES string of the molecule is Cc1cc(Cn2nnc3c(-c4ccco4)nc(N)nc32)ccc1N. The Bertz CT molecular complexity index is 1020. The Morgan fingerprint density at radius 3 is 2.79 bits per heavy atom. The second-order valence-corrected chi connectivity index (χ2v) is 5.52. The lowest BCUT2D eigenvalue weighted by Crippen LogP contribution is -2.05. The van der Waals surface area contributed by atoms with Crippen molar-refractivity contribution < 1.29 is 4.42 Å². The Morgan fingerprint density at radius 2 is 2.04 bits per heavy atom. The molecule has 3 heterocycles. The zero-order valence-electron chi connectivity index (χ0n) is 13.0. The number of fused-ring (bicyclic) bond motifs is 1. The van der Waals surface area contributed by atoms with Gasteiger partial charge in [0.05, 0.1) is 12.8 Å². The first-order valence-electron chi connectivity index (χ1n) is 7.37. The molecule has 0 aliphatic carbocycles. The maximum atomic E-state index is 5.86. The van der Waals surface area contributed by atoms with Gasteiger partial charge in [0, 0.05) is 5.69 Å². The lowest BCUT2D eigenvalue weighted by atomic mass is 10.1. The fourth-order valence-corrected chi connectivity index (χ4v) is 2.57. The Kier molecular flexibility index (Phi) is 3.16. The number of rotatable bonds is 3. The fraction of sp³-hybridized carbons (Fsp3) is 0.125. The summed E-state index contributed by atoms with van der Waals surface area (Å²) in [4.78, 5) is 8.51. The van der Waals surface area contributed by atoms with Gasteiger partial charge in [0.2, 0.25) is 5.95 Å². The molecule has 0 atom stereocenters. The van der Waals surface area contributed by atoms with Crippen LogP contribution in [0.2, 0.25) is 0 Å². The lowest BCUT2D eigenvalue weighted by molar-refractivity contribution is 0.580. The van der Waals surface area contributed by atoms with Crippen LogP contribution in [0.25, 0.3) is 22.6 Å². The number of hydrogen-bond donors (Lipinski definition) is 2. The largest absolute Gasteiger partial charge is 0.463 e. The zero-order valence-corrected chi connectivity index (χ0v) is 13.0. The van der Waals surface area contributed by atoms with Gasteiger partial charge in [-0.25, -0.2) is 9.67 Å². The Balaban J connectivity index is 1.81. The standard InChI is InChI=1S/C16H15N7O/c1-9-7-10(4-5-11(9)17)8-23-15-14(21-22-23)13(19-16(18)20-15)12-3-2-6-24-12/h2-7H,8,17H2,1H3,(H2,18,19,20). The Hall–Kier alpha value is -3.42. The first kappa shape index (κ1) is 14.2. The summed E-state index contributed by atoms with van der Waals surface area (Å²) < 4.78 is 7.09. The van der Waals surface area contributed by atoms with Crippen LogP contribution >= 0.6 is 0 Å². The highest BCUT2D eigenvalue weighted by Crippen LogP contribution is 2.25. The molecule has 4 aromatic rings. The second kappa shape index (κ2) is 5.34. The summed E-state index contributed by atoms with van der Waals surface area (Å²) in [5.41, 5.74) is 16.2. The van der Waals surface area contributed by atoms with Gasteiger partial charge in [-0.15, -0.1) is 5.10 Å². The molecule has 8 heteroatoms. The number of nitrogens with two attached hydrogens (primary N) is 2. The summed E-state index contributed by atoms with van der Waals surface area (Å²) in [5, 5.41) is 8.39. The topological polar surface area (TPSA) is 122 Å². The zero-order chi connectivity index (χ0) is 16.7. The van der Waals surface area contributed by atoms with Crippen LogP contribution in [-0.2, 0) is 6.54 Å². The van der Waals surface area contributed by atoms with Crippen molar-refractivity contribution in [3.8, 4) is 11.5 Å². The molecule has 4 rings (SSSR count). The summed E-state index contributed by atoms with van der Waals surface area (Å²) in [5.74, 6) is 0.718. The van der Waals surface area contributed by atoms with Gasteiger partial charge in [-0.05, 0) is 36.2 Å². The van der Waals surface area contributed by atoms with E-state index in [1.807, 2.05) is 25.1 Å². The molecule has 0 amide bonds. The van der Waals surface area contributed by atoms with Gasteiger partial charge < -0.3 is 15.9 Å². The summed E-state index contributed by atoms with van der Waals surface area (Å²) in [6.07, 6.45) is 1.57. The molecule has 0 spiro atoms. The van der Waals surface area contributed by atoms with E-state index in [0.29, 0.717) is 29.2 Å². The molecule has 0 fully saturated rings. The van der Waals surface area contributed by atoms with E-state index in [-0.39, 0.29) is 5.95 Å². The van der Waals surface area contributed by atoms with Crippen LogP contribution in [0, 0.1) is 6.92 Å². The first-order chi connectivity index (χ1) is 11.6. The van der Waals surface area contributed by atoms with Gasteiger partial charge in [-0.2, -0.15) is 4.98 Å². The summed E-state index contributed by atoms with van der Waals surface area (Å²) in [6, 6.07) is 9.42. The highest BCUT2D eigenvalue weighted by molar-refractivity contribution is 5.85. The highest BCUT2D eigenvalue weighted by atomic mass is 16.3. The maximum Gasteiger partial charge on any atom is 0.222 e. The third kappa shape index (κ3) is 2.34. The highest BCUT2D eigenvalue weighted by Gasteiger charge is 2.17. The molecule has 0 saturated carbocycles. The Labute approximate surface area is 137 Å².